The molecule has 0 aliphatic heterocycles. The summed E-state index contributed by atoms with van der Waals surface area (Å²) < 4.78 is 5.89. The van der Waals surface area contributed by atoms with E-state index < -0.39 is 0 Å². The van der Waals surface area contributed by atoms with Crippen LogP contribution in [0.25, 0.3) is 0 Å². The van der Waals surface area contributed by atoms with E-state index in [1.807, 2.05) is 0 Å². The number of aliphatic hydroxyl groups is 1. The summed E-state index contributed by atoms with van der Waals surface area (Å²) in [5.74, 6) is 3.56. The number of rotatable bonds is 6. The lowest BCUT2D eigenvalue weighted by molar-refractivity contribution is 0.193. The zero-order valence-electron chi connectivity index (χ0n) is 12.6. The van der Waals surface area contributed by atoms with Gasteiger partial charge in [0.25, 0.3) is 0 Å². The molecule has 0 spiro atoms. The minimum absolute atomic E-state index is 0.142. The van der Waals surface area contributed by atoms with Gasteiger partial charge in [0, 0.05) is 18.6 Å². The quantitative estimate of drug-likeness (QED) is 0.829. The molecule has 0 bridgehead atoms. The summed E-state index contributed by atoms with van der Waals surface area (Å²) in [6, 6.07) is 4.49. The standard InChI is InChI=1S/C16H27NO2/c1-11-9-13(11)14-6-5-12(19-14)10-17-15(7-8-18)16(2,3)4/h5-6,11,13,15,17-18H,7-10H2,1-4H3. The fraction of sp³-hybridized carbons (Fsp3) is 0.750. The van der Waals surface area contributed by atoms with Crippen molar-refractivity contribution in [3.8, 4) is 0 Å². The van der Waals surface area contributed by atoms with Crippen LogP contribution < -0.4 is 5.32 Å². The summed E-state index contributed by atoms with van der Waals surface area (Å²) in [4.78, 5) is 0. The summed E-state index contributed by atoms with van der Waals surface area (Å²) in [7, 11) is 0. The Hall–Kier alpha value is -0.800. The molecule has 3 unspecified atom stereocenters. The molecule has 108 valence electrons. The minimum Gasteiger partial charge on any atom is -0.464 e. The van der Waals surface area contributed by atoms with Crippen LogP contribution in [0.4, 0.5) is 0 Å². The molecule has 0 amide bonds. The molecule has 0 radical (unpaired) electrons. The fourth-order valence-corrected chi connectivity index (χ4v) is 2.60. The van der Waals surface area contributed by atoms with Gasteiger partial charge in [-0.15, -0.1) is 0 Å². The number of aliphatic hydroxyl groups excluding tert-OH is 1. The first-order valence-electron chi connectivity index (χ1n) is 7.34. The predicted molar refractivity (Wildman–Crippen MR) is 77.0 cm³/mol. The molecule has 0 aromatic carbocycles. The van der Waals surface area contributed by atoms with Crippen molar-refractivity contribution in [2.45, 2.75) is 59.0 Å². The second kappa shape index (κ2) is 5.68. The van der Waals surface area contributed by atoms with E-state index in [9.17, 15) is 0 Å². The molecule has 1 aromatic rings. The number of nitrogens with one attached hydrogen (secondary N) is 1. The smallest absolute Gasteiger partial charge is 0.117 e. The monoisotopic (exact) mass is 265 g/mol. The third-order valence-corrected chi connectivity index (χ3v) is 4.14. The van der Waals surface area contributed by atoms with Crippen molar-refractivity contribution in [2.75, 3.05) is 6.61 Å². The van der Waals surface area contributed by atoms with E-state index in [-0.39, 0.29) is 12.0 Å². The highest BCUT2D eigenvalue weighted by Crippen LogP contribution is 2.47. The Balaban J connectivity index is 1.88. The zero-order chi connectivity index (χ0) is 14.0. The van der Waals surface area contributed by atoms with Crippen molar-refractivity contribution in [1.82, 2.24) is 5.32 Å². The van der Waals surface area contributed by atoms with Crippen LogP contribution in [0.3, 0.4) is 0 Å². The molecule has 3 atom stereocenters. The van der Waals surface area contributed by atoms with Gasteiger partial charge >= 0.3 is 0 Å². The van der Waals surface area contributed by atoms with Crippen LogP contribution in [0, 0.1) is 11.3 Å². The first kappa shape index (κ1) is 14.6. The predicted octanol–water partition coefficient (Wildman–Crippen LogP) is 3.29. The topological polar surface area (TPSA) is 45.4 Å². The Kier molecular flexibility index (Phi) is 4.36. The average Bonchev–Trinajstić information content (AvgIpc) is 2.88. The van der Waals surface area contributed by atoms with E-state index in [4.69, 9.17) is 9.52 Å². The second-order valence-electron chi connectivity index (χ2n) is 6.94. The largest absolute Gasteiger partial charge is 0.464 e. The molecule has 1 heterocycles. The SMILES string of the molecule is CC1CC1c1ccc(CNC(CCO)C(C)(C)C)o1. The van der Waals surface area contributed by atoms with Crippen molar-refractivity contribution in [2.24, 2.45) is 11.3 Å². The average molecular weight is 265 g/mol. The molecule has 1 aliphatic carbocycles. The maximum Gasteiger partial charge on any atom is 0.117 e. The summed E-state index contributed by atoms with van der Waals surface area (Å²) >= 11 is 0. The highest BCUT2D eigenvalue weighted by Gasteiger charge is 2.36. The molecule has 1 aliphatic rings. The second-order valence-corrected chi connectivity index (χ2v) is 6.94. The molecule has 2 rings (SSSR count). The van der Waals surface area contributed by atoms with Gasteiger partial charge in [-0.25, -0.2) is 0 Å². The van der Waals surface area contributed by atoms with Crippen LogP contribution >= 0.6 is 0 Å². The Morgan fingerprint density at radius 2 is 2.11 bits per heavy atom. The van der Waals surface area contributed by atoms with E-state index in [1.165, 1.54) is 6.42 Å². The zero-order valence-corrected chi connectivity index (χ0v) is 12.6. The first-order valence-corrected chi connectivity index (χ1v) is 7.34. The molecule has 19 heavy (non-hydrogen) atoms. The molecule has 1 aromatic heterocycles. The van der Waals surface area contributed by atoms with Gasteiger partial charge in [-0.05, 0) is 36.3 Å². The van der Waals surface area contributed by atoms with E-state index in [0.717, 1.165) is 30.4 Å². The van der Waals surface area contributed by atoms with E-state index in [2.05, 4.69) is 45.1 Å². The van der Waals surface area contributed by atoms with Crippen molar-refractivity contribution in [3.05, 3.63) is 23.7 Å². The molecule has 3 nitrogen and oxygen atoms in total. The molecular weight excluding hydrogens is 238 g/mol. The summed E-state index contributed by atoms with van der Waals surface area (Å²) in [6.45, 7) is 9.81. The highest BCUT2D eigenvalue weighted by atomic mass is 16.3. The number of hydrogen-bond acceptors (Lipinski definition) is 3. The summed E-state index contributed by atoms with van der Waals surface area (Å²) in [5.41, 5.74) is 0.142. The first-order chi connectivity index (χ1) is 8.91. The molecule has 1 fully saturated rings. The van der Waals surface area contributed by atoms with Crippen LogP contribution in [0.1, 0.15) is 58.0 Å². The Morgan fingerprint density at radius 1 is 1.42 bits per heavy atom. The van der Waals surface area contributed by atoms with Gasteiger partial charge in [0.15, 0.2) is 0 Å². The molecule has 1 saturated carbocycles. The van der Waals surface area contributed by atoms with Crippen LogP contribution in [-0.2, 0) is 6.54 Å². The van der Waals surface area contributed by atoms with Crippen LogP contribution in [-0.4, -0.2) is 17.8 Å². The lowest BCUT2D eigenvalue weighted by Gasteiger charge is -2.31. The highest BCUT2D eigenvalue weighted by molar-refractivity contribution is 5.17. The van der Waals surface area contributed by atoms with Crippen molar-refractivity contribution >= 4 is 0 Å². The van der Waals surface area contributed by atoms with Gasteiger partial charge in [-0.1, -0.05) is 27.7 Å². The molecular formula is C16H27NO2. The Bertz CT molecular complexity index is 405. The third kappa shape index (κ3) is 3.83. The van der Waals surface area contributed by atoms with Crippen LogP contribution in [0.15, 0.2) is 16.5 Å². The van der Waals surface area contributed by atoms with Crippen LogP contribution in [0.5, 0.6) is 0 Å². The lowest BCUT2D eigenvalue weighted by atomic mass is 9.85. The Morgan fingerprint density at radius 3 is 2.63 bits per heavy atom. The van der Waals surface area contributed by atoms with Crippen LogP contribution in [0.2, 0.25) is 0 Å². The molecule has 2 N–H and O–H groups in total. The van der Waals surface area contributed by atoms with E-state index in [0.29, 0.717) is 12.0 Å². The Labute approximate surface area is 116 Å². The van der Waals surface area contributed by atoms with E-state index >= 15 is 0 Å². The minimum atomic E-state index is 0.142. The normalized spacial score (nSPS) is 24.5. The fourth-order valence-electron chi connectivity index (χ4n) is 2.60. The van der Waals surface area contributed by atoms with Gasteiger partial charge in [-0.3, -0.25) is 0 Å². The number of furan rings is 1. The van der Waals surface area contributed by atoms with Gasteiger partial charge in [0.1, 0.15) is 11.5 Å². The maximum atomic E-state index is 9.15. The molecule has 3 heteroatoms. The van der Waals surface area contributed by atoms with Gasteiger partial charge in [0.2, 0.25) is 0 Å². The van der Waals surface area contributed by atoms with Crippen molar-refractivity contribution in [3.63, 3.8) is 0 Å². The third-order valence-electron chi connectivity index (χ3n) is 4.14. The van der Waals surface area contributed by atoms with E-state index in [1.54, 1.807) is 0 Å². The van der Waals surface area contributed by atoms with Crippen molar-refractivity contribution < 1.29 is 9.52 Å². The summed E-state index contributed by atoms with van der Waals surface area (Å²) in [6.07, 6.45) is 2.03. The lowest BCUT2D eigenvalue weighted by Crippen LogP contribution is -2.40. The number of hydrogen-bond donors (Lipinski definition) is 2. The van der Waals surface area contributed by atoms with Gasteiger partial charge in [0.05, 0.1) is 6.54 Å². The van der Waals surface area contributed by atoms with Gasteiger partial charge in [-0.2, -0.15) is 0 Å². The summed E-state index contributed by atoms with van der Waals surface area (Å²) in [5, 5.41) is 12.7. The maximum absolute atomic E-state index is 9.15. The van der Waals surface area contributed by atoms with Crippen molar-refractivity contribution in [1.29, 1.82) is 0 Å². The van der Waals surface area contributed by atoms with Gasteiger partial charge < -0.3 is 14.8 Å². The molecule has 0 saturated heterocycles.